The van der Waals surface area contributed by atoms with Gasteiger partial charge >= 0.3 is 0 Å². The maximum Gasteiger partial charge on any atom is 0.264 e. The summed E-state index contributed by atoms with van der Waals surface area (Å²) in [6.45, 7) is 4.46. The zero-order valence-corrected chi connectivity index (χ0v) is 17.9. The Hall–Kier alpha value is -3.12. The molecule has 0 aliphatic carbocycles. The van der Waals surface area contributed by atoms with E-state index in [1.807, 2.05) is 32.0 Å². The van der Waals surface area contributed by atoms with Crippen molar-refractivity contribution < 1.29 is 13.2 Å². The molecule has 1 heterocycles. The molecule has 0 unspecified atom stereocenters. The molecule has 4 rings (SSSR count). The molecular weight excluding hydrogens is 396 g/mol. The Morgan fingerprint density at radius 3 is 2.43 bits per heavy atom. The van der Waals surface area contributed by atoms with Gasteiger partial charge in [-0.05, 0) is 85.8 Å². The van der Waals surface area contributed by atoms with Crippen molar-refractivity contribution in [1.29, 1.82) is 0 Å². The molecule has 1 aliphatic heterocycles. The van der Waals surface area contributed by atoms with Gasteiger partial charge in [0.25, 0.3) is 15.9 Å². The van der Waals surface area contributed by atoms with E-state index in [0.717, 1.165) is 23.2 Å². The Morgan fingerprint density at radius 2 is 1.70 bits per heavy atom. The van der Waals surface area contributed by atoms with Crippen LogP contribution in [0, 0.1) is 13.8 Å². The highest BCUT2D eigenvalue weighted by atomic mass is 32.2. The third-order valence-corrected chi connectivity index (χ3v) is 7.34. The topological polar surface area (TPSA) is 66.5 Å². The fourth-order valence-electron chi connectivity index (χ4n) is 3.70. The Balaban J connectivity index is 1.62. The highest BCUT2D eigenvalue weighted by molar-refractivity contribution is 7.92. The molecule has 5 nitrogen and oxygen atoms in total. The van der Waals surface area contributed by atoms with Crippen LogP contribution in [0.15, 0.2) is 71.6 Å². The first kappa shape index (κ1) is 20.2. The molecule has 0 saturated heterocycles. The molecule has 6 heteroatoms. The summed E-state index contributed by atoms with van der Waals surface area (Å²) in [5.74, 6) is -0.205. The summed E-state index contributed by atoms with van der Waals surface area (Å²) in [5, 5.41) is 2.93. The normalized spacial score (nSPS) is 13.6. The predicted molar refractivity (Wildman–Crippen MR) is 120 cm³/mol. The van der Waals surface area contributed by atoms with Gasteiger partial charge in [-0.1, -0.05) is 24.3 Å². The lowest BCUT2D eigenvalue weighted by atomic mass is 10.0. The number of fused-ring (bicyclic) bond motifs is 1. The summed E-state index contributed by atoms with van der Waals surface area (Å²) >= 11 is 0. The molecule has 0 radical (unpaired) electrons. The lowest BCUT2D eigenvalue weighted by Gasteiger charge is -2.30. The van der Waals surface area contributed by atoms with E-state index in [-0.39, 0.29) is 10.8 Å². The number of hydrogen-bond donors (Lipinski definition) is 1. The average Bonchev–Trinajstić information content (AvgIpc) is 2.76. The Bertz CT molecular complexity index is 1200. The van der Waals surface area contributed by atoms with Crippen LogP contribution in [-0.2, 0) is 16.4 Å². The standard InChI is InChI=1S/C24H24N2O3S/c1-17-10-12-21(15-18(17)2)25-24(27)20-11-13-23-19(16-20)7-6-14-26(23)30(28,29)22-8-4-3-5-9-22/h3-5,8-13,15-16H,6-7,14H2,1-2H3,(H,25,27). The molecule has 0 aromatic heterocycles. The smallest absolute Gasteiger partial charge is 0.264 e. The van der Waals surface area contributed by atoms with Crippen LogP contribution in [0.4, 0.5) is 11.4 Å². The maximum absolute atomic E-state index is 13.1. The quantitative estimate of drug-likeness (QED) is 0.665. The number of amides is 1. The number of rotatable bonds is 4. The highest BCUT2D eigenvalue weighted by Crippen LogP contribution is 2.33. The Labute approximate surface area is 177 Å². The van der Waals surface area contributed by atoms with Gasteiger partial charge < -0.3 is 5.32 Å². The van der Waals surface area contributed by atoms with E-state index in [1.54, 1.807) is 48.5 Å². The molecule has 1 N–H and O–H groups in total. The SMILES string of the molecule is Cc1ccc(NC(=O)c2ccc3c(c2)CCCN3S(=O)(=O)c2ccccc2)cc1C. The van der Waals surface area contributed by atoms with Gasteiger partial charge in [0.2, 0.25) is 0 Å². The van der Waals surface area contributed by atoms with Crippen LogP contribution in [0.25, 0.3) is 0 Å². The third-order valence-electron chi connectivity index (χ3n) is 5.51. The summed E-state index contributed by atoms with van der Waals surface area (Å²) in [4.78, 5) is 13.0. The van der Waals surface area contributed by atoms with Crippen molar-refractivity contribution in [3.05, 3.63) is 89.0 Å². The van der Waals surface area contributed by atoms with Crippen LogP contribution < -0.4 is 9.62 Å². The predicted octanol–water partition coefficient (Wildman–Crippen LogP) is 4.70. The van der Waals surface area contributed by atoms with Crippen LogP contribution in [-0.4, -0.2) is 20.9 Å². The molecule has 1 amide bonds. The summed E-state index contributed by atoms with van der Waals surface area (Å²) in [6.07, 6.45) is 1.45. The first-order valence-electron chi connectivity index (χ1n) is 9.95. The fourth-order valence-corrected chi connectivity index (χ4v) is 5.26. The zero-order valence-electron chi connectivity index (χ0n) is 17.1. The van der Waals surface area contributed by atoms with E-state index in [2.05, 4.69) is 5.32 Å². The number of benzene rings is 3. The second-order valence-electron chi connectivity index (χ2n) is 7.59. The zero-order chi connectivity index (χ0) is 21.3. The molecule has 30 heavy (non-hydrogen) atoms. The Morgan fingerprint density at radius 1 is 0.933 bits per heavy atom. The van der Waals surface area contributed by atoms with Gasteiger partial charge in [0.15, 0.2) is 0 Å². The van der Waals surface area contributed by atoms with Gasteiger partial charge in [-0.15, -0.1) is 0 Å². The van der Waals surface area contributed by atoms with Gasteiger partial charge in [0.05, 0.1) is 10.6 Å². The molecule has 0 bridgehead atoms. The van der Waals surface area contributed by atoms with E-state index in [4.69, 9.17) is 0 Å². The van der Waals surface area contributed by atoms with E-state index in [0.29, 0.717) is 24.2 Å². The molecule has 0 spiro atoms. The van der Waals surface area contributed by atoms with Gasteiger partial charge in [-0.2, -0.15) is 0 Å². The van der Waals surface area contributed by atoms with Gasteiger partial charge in [0, 0.05) is 17.8 Å². The van der Waals surface area contributed by atoms with Crippen LogP contribution >= 0.6 is 0 Å². The second-order valence-corrected chi connectivity index (χ2v) is 9.45. The summed E-state index contributed by atoms with van der Waals surface area (Å²) in [5.41, 5.74) is 5.06. The first-order chi connectivity index (χ1) is 14.4. The lowest BCUT2D eigenvalue weighted by Crippen LogP contribution is -2.35. The number of hydrogen-bond acceptors (Lipinski definition) is 3. The molecule has 154 valence electrons. The number of carbonyl (C=O) groups excluding carboxylic acids is 1. The third kappa shape index (κ3) is 3.83. The number of carbonyl (C=O) groups is 1. The molecule has 0 atom stereocenters. The Kier molecular flexibility index (Phi) is 5.35. The van der Waals surface area contributed by atoms with E-state index < -0.39 is 10.0 Å². The van der Waals surface area contributed by atoms with Crippen molar-refractivity contribution >= 4 is 27.3 Å². The van der Waals surface area contributed by atoms with Crippen molar-refractivity contribution in [2.75, 3.05) is 16.2 Å². The molecular formula is C24H24N2O3S. The van der Waals surface area contributed by atoms with E-state index in [9.17, 15) is 13.2 Å². The van der Waals surface area contributed by atoms with Crippen LogP contribution in [0.1, 0.15) is 33.5 Å². The molecule has 3 aromatic rings. The molecule has 0 saturated carbocycles. The van der Waals surface area contributed by atoms with Crippen LogP contribution in [0.2, 0.25) is 0 Å². The minimum Gasteiger partial charge on any atom is -0.322 e. The van der Waals surface area contributed by atoms with Gasteiger partial charge in [0.1, 0.15) is 0 Å². The molecule has 0 fully saturated rings. The fraction of sp³-hybridized carbons (Fsp3) is 0.208. The lowest BCUT2D eigenvalue weighted by molar-refractivity contribution is 0.102. The summed E-state index contributed by atoms with van der Waals surface area (Å²) < 4.78 is 27.7. The van der Waals surface area contributed by atoms with Crippen LogP contribution in [0.3, 0.4) is 0 Å². The van der Waals surface area contributed by atoms with Gasteiger partial charge in [-0.25, -0.2) is 8.42 Å². The monoisotopic (exact) mass is 420 g/mol. The largest absolute Gasteiger partial charge is 0.322 e. The summed E-state index contributed by atoms with van der Waals surface area (Å²) in [7, 11) is -3.63. The first-order valence-corrected chi connectivity index (χ1v) is 11.4. The number of nitrogens with one attached hydrogen (secondary N) is 1. The van der Waals surface area contributed by atoms with Crippen molar-refractivity contribution in [1.82, 2.24) is 0 Å². The van der Waals surface area contributed by atoms with Crippen molar-refractivity contribution in [3.8, 4) is 0 Å². The van der Waals surface area contributed by atoms with Crippen molar-refractivity contribution in [2.45, 2.75) is 31.6 Å². The second kappa shape index (κ2) is 7.95. The minimum absolute atomic E-state index is 0.205. The van der Waals surface area contributed by atoms with Crippen molar-refractivity contribution in [3.63, 3.8) is 0 Å². The molecule has 1 aliphatic rings. The highest BCUT2D eigenvalue weighted by Gasteiger charge is 2.29. The molecule has 3 aromatic carbocycles. The van der Waals surface area contributed by atoms with E-state index in [1.165, 1.54) is 9.87 Å². The number of sulfonamides is 1. The minimum atomic E-state index is -3.63. The average molecular weight is 421 g/mol. The summed E-state index contributed by atoms with van der Waals surface area (Å²) in [6, 6.07) is 19.5. The van der Waals surface area contributed by atoms with Crippen LogP contribution in [0.5, 0.6) is 0 Å². The van der Waals surface area contributed by atoms with Crippen molar-refractivity contribution in [2.24, 2.45) is 0 Å². The maximum atomic E-state index is 13.1. The number of nitrogens with zero attached hydrogens (tertiary/aromatic N) is 1. The number of anilines is 2. The van der Waals surface area contributed by atoms with E-state index >= 15 is 0 Å². The number of aryl methyl sites for hydroxylation is 3. The van der Waals surface area contributed by atoms with Gasteiger partial charge in [-0.3, -0.25) is 9.10 Å².